The molecule has 1 rings (SSSR count). The van der Waals surface area contributed by atoms with Crippen LogP contribution in [-0.2, 0) is 0 Å². The van der Waals surface area contributed by atoms with Crippen molar-refractivity contribution in [2.45, 2.75) is 65.3 Å². The van der Waals surface area contributed by atoms with Gasteiger partial charge in [-0.1, -0.05) is 32.6 Å². The maximum atomic E-state index is 4.60. The minimum atomic E-state index is 0.627. The number of nitrogens with zero attached hydrogens (tertiary/aromatic N) is 2. The first-order valence-corrected chi connectivity index (χ1v) is 6.55. The predicted octanol–water partition coefficient (Wildman–Crippen LogP) is 3.47. The molecular weight excluding hydrogens is 184 g/mol. The lowest BCUT2D eigenvalue weighted by atomic mass is 10.1. The first kappa shape index (κ1) is 12.5. The van der Waals surface area contributed by atoms with Gasteiger partial charge in [0.05, 0.1) is 12.4 Å². The van der Waals surface area contributed by atoms with Gasteiger partial charge in [-0.15, -0.1) is 0 Å². The Morgan fingerprint density at radius 3 is 2.60 bits per heavy atom. The summed E-state index contributed by atoms with van der Waals surface area (Å²) in [5, 5.41) is 0. The summed E-state index contributed by atoms with van der Waals surface area (Å²) in [6.45, 7) is 8.95. The lowest BCUT2D eigenvalue weighted by Gasteiger charge is -2.24. The van der Waals surface area contributed by atoms with Gasteiger partial charge in [-0.25, -0.2) is 0 Å². The van der Waals surface area contributed by atoms with E-state index >= 15 is 0 Å². The van der Waals surface area contributed by atoms with E-state index in [9.17, 15) is 0 Å². The van der Waals surface area contributed by atoms with Gasteiger partial charge >= 0.3 is 0 Å². The highest BCUT2D eigenvalue weighted by Crippen LogP contribution is 2.13. The summed E-state index contributed by atoms with van der Waals surface area (Å²) in [6, 6.07) is 0.627. The van der Waals surface area contributed by atoms with Crippen molar-refractivity contribution >= 4 is 5.84 Å². The van der Waals surface area contributed by atoms with E-state index in [-0.39, 0.29) is 0 Å². The van der Waals surface area contributed by atoms with E-state index < -0.39 is 0 Å². The Balaban J connectivity index is 2.15. The van der Waals surface area contributed by atoms with E-state index in [1.54, 1.807) is 0 Å². The highest BCUT2D eigenvalue weighted by atomic mass is 15.2. The maximum Gasteiger partial charge on any atom is 0.0992 e. The third-order valence-corrected chi connectivity index (χ3v) is 3.09. The zero-order chi connectivity index (χ0) is 11.1. The zero-order valence-electron chi connectivity index (χ0n) is 10.6. The lowest BCUT2D eigenvalue weighted by molar-refractivity contribution is 0.372. The van der Waals surface area contributed by atoms with Gasteiger partial charge in [0.25, 0.3) is 0 Å². The van der Waals surface area contributed by atoms with Crippen molar-refractivity contribution in [2.24, 2.45) is 4.99 Å². The number of hydrogen-bond acceptors (Lipinski definition) is 2. The van der Waals surface area contributed by atoms with E-state index in [1.807, 2.05) is 0 Å². The molecule has 0 radical (unpaired) electrons. The van der Waals surface area contributed by atoms with E-state index in [0.717, 1.165) is 13.1 Å². The van der Waals surface area contributed by atoms with Gasteiger partial charge in [0.15, 0.2) is 0 Å². The molecule has 0 amide bonds. The summed E-state index contributed by atoms with van der Waals surface area (Å²) < 4.78 is 0. The Kier molecular flexibility index (Phi) is 5.74. The van der Waals surface area contributed by atoms with Crippen LogP contribution in [0.4, 0.5) is 0 Å². The zero-order valence-corrected chi connectivity index (χ0v) is 10.6. The predicted molar refractivity (Wildman–Crippen MR) is 67.5 cm³/mol. The average molecular weight is 210 g/mol. The van der Waals surface area contributed by atoms with Crippen LogP contribution in [0.15, 0.2) is 4.99 Å². The molecule has 1 aliphatic heterocycles. The third kappa shape index (κ3) is 4.23. The van der Waals surface area contributed by atoms with Crippen LogP contribution >= 0.6 is 0 Å². The van der Waals surface area contributed by atoms with Crippen molar-refractivity contribution in [1.29, 1.82) is 0 Å². The fourth-order valence-electron chi connectivity index (χ4n) is 2.17. The molecule has 0 atom stereocenters. The van der Waals surface area contributed by atoms with Crippen LogP contribution < -0.4 is 0 Å². The van der Waals surface area contributed by atoms with E-state index in [4.69, 9.17) is 0 Å². The Bertz CT molecular complexity index is 197. The van der Waals surface area contributed by atoms with Gasteiger partial charge in [-0.2, -0.15) is 0 Å². The average Bonchev–Trinajstić information content (AvgIpc) is 2.66. The minimum Gasteiger partial charge on any atom is -0.356 e. The van der Waals surface area contributed by atoms with Crippen LogP contribution in [0, 0.1) is 0 Å². The number of aliphatic imine (C=N–C) groups is 1. The Hall–Kier alpha value is -0.530. The largest absolute Gasteiger partial charge is 0.356 e. The molecule has 2 heteroatoms. The number of rotatable bonds is 7. The van der Waals surface area contributed by atoms with E-state index in [2.05, 4.69) is 30.7 Å². The molecule has 0 aliphatic carbocycles. The van der Waals surface area contributed by atoms with Gasteiger partial charge in [-0.3, -0.25) is 4.99 Å². The third-order valence-electron chi connectivity index (χ3n) is 3.09. The molecule has 0 aromatic carbocycles. The van der Waals surface area contributed by atoms with Crippen LogP contribution in [0.5, 0.6) is 0 Å². The monoisotopic (exact) mass is 210 g/mol. The van der Waals surface area contributed by atoms with Crippen LogP contribution in [0.1, 0.15) is 59.3 Å². The van der Waals surface area contributed by atoms with Gasteiger partial charge in [0, 0.05) is 19.0 Å². The van der Waals surface area contributed by atoms with Crippen molar-refractivity contribution in [3.05, 3.63) is 0 Å². The molecule has 0 unspecified atom stereocenters. The maximum absolute atomic E-state index is 4.60. The minimum absolute atomic E-state index is 0.627. The van der Waals surface area contributed by atoms with E-state index in [1.165, 1.54) is 44.4 Å². The smallest absolute Gasteiger partial charge is 0.0992 e. The summed E-state index contributed by atoms with van der Waals surface area (Å²) in [7, 11) is 0. The molecule has 0 saturated heterocycles. The molecule has 15 heavy (non-hydrogen) atoms. The second-order valence-corrected chi connectivity index (χ2v) is 4.75. The molecule has 1 heterocycles. The Morgan fingerprint density at radius 2 is 1.93 bits per heavy atom. The van der Waals surface area contributed by atoms with Crippen LogP contribution in [0.25, 0.3) is 0 Å². The Labute approximate surface area is 94.8 Å². The first-order chi connectivity index (χ1) is 7.25. The normalized spacial score (nSPS) is 16.3. The first-order valence-electron chi connectivity index (χ1n) is 6.55. The van der Waals surface area contributed by atoms with Crippen molar-refractivity contribution in [3.8, 4) is 0 Å². The van der Waals surface area contributed by atoms with Crippen LogP contribution in [-0.4, -0.2) is 29.9 Å². The highest BCUT2D eigenvalue weighted by Gasteiger charge is 2.18. The summed E-state index contributed by atoms with van der Waals surface area (Å²) in [6.07, 6.45) is 8.01. The molecule has 0 N–H and O–H groups in total. The van der Waals surface area contributed by atoms with Crippen molar-refractivity contribution < 1.29 is 0 Å². The molecule has 0 bridgehead atoms. The molecule has 0 saturated carbocycles. The van der Waals surface area contributed by atoms with Gasteiger partial charge in [0.1, 0.15) is 0 Å². The number of unbranched alkanes of at least 4 members (excludes halogenated alkanes) is 4. The van der Waals surface area contributed by atoms with Crippen molar-refractivity contribution in [1.82, 2.24) is 4.90 Å². The second kappa shape index (κ2) is 6.86. The molecule has 88 valence electrons. The van der Waals surface area contributed by atoms with Crippen molar-refractivity contribution in [2.75, 3.05) is 13.1 Å². The fraction of sp³-hybridized carbons (Fsp3) is 0.923. The number of amidine groups is 1. The summed E-state index contributed by atoms with van der Waals surface area (Å²) in [4.78, 5) is 7.06. The van der Waals surface area contributed by atoms with Crippen LogP contribution in [0.3, 0.4) is 0 Å². The molecule has 1 aliphatic rings. The summed E-state index contributed by atoms with van der Waals surface area (Å²) >= 11 is 0. The molecule has 0 aromatic rings. The quantitative estimate of drug-likeness (QED) is 0.587. The van der Waals surface area contributed by atoms with Gasteiger partial charge in [-0.05, 0) is 20.3 Å². The summed E-state index contributed by atoms with van der Waals surface area (Å²) in [5.41, 5.74) is 0. The van der Waals surface area contributed by atoms with Crippen LogP contribution in [0.2, 0.25) is 0 Å². The Morgan fingerprint density at radius 1 is 1.20 bits per heavy atom. The van der Waals surface area contributed by atoms with Crippen molar-refractivity contribution in [3.63, 3.8) is 0 Å². The SMILES string of the molecule is CCCCCCCC1=NCCN1C(C)C. The highest BCUT2D eigenvalue weighted by molar-refractivity contribution is 5.83. The topological polar surface area (TPSA) is 15.6 Å². The lowest BCUT2D eigenvalue weighted by Crippen LogP contribution is -2.34. The van der Waals surface area contributed by atoms with Gasteiger partial charge in [0.2, 0.25) is 0 Å². The molecule has 0 aromatic heterocycles. The van der Waals surface area contributed by atoms with E-state index in [0.29, 0.717) is 6.04 Å². The molecule has 0 spiro atoms. The second-order valence-electron chi connectivity index (χ2n) is 4.75. The molecule has 0 fully saturated rings. The summed E-state index contributed by atoms with van der Waals surface area (Å²) in [5.74, 6) is 1.36. The number of hydrogen-bond donors (Lipinski definition) is 0. The fourth-order valence-corrected chi connectivity index (χ4v) is 2.17. The molecule has 2 nitrogen and oxygen atoms in total. The molecular formula is C13H26N2. The van der Waals surface area contributed by atoms with Gasteiger partial charge < -0.3 is 4.90 Å². The standard InChI is InChI=1S/C13H26N2/c1-4-5-6-7-8-9-13-14-10-11-15(13)12(2)3/h12H,4-11H2,1-3H3.